The molecule has 0 spiro atoms. The third-order valence-electron chi connectivity index (χ3n) is 5.05. The molecule has 0 saturated carbocycles. The molecule has 0 bridgehead atoms. The topological polar surface area (TPSA) is 58.2 Å². The molecule has 0 aliphatic heterocycles. The minimum atomic E-state index is -0.217. The van der Waals surface area contributed by atoms with Gasteiger partial charge in [-0.25, -0.2) is 0 Å². The van der Waals surface area contributed by atoms with Crippen molar-refractivity contribution in [3.05, 3.63) is 35.9 Å². The number of hydrogen-bond donors (Lipinski definition) is 4. The first-order chi connectivity index (χ1) is 15.9. The summed E-state index contributed by atoms with van der Waals surface area (Å²) in [6.07, 6.45) is 17.9. The van der Waals surface area contributed by atoms with Gasteiger partial charge in [-0.1, -0.05) is 152 Å². The summed E-state index contributed by atoms with van der Waals surface area (Å²) in [4.78, 5) is 20.7. The van der Waals surface area contributed by atoms with Crippen LogP contribution in [-0.4, -0.2) is 23.6 Å². The average molecular weight is 499 g/mol. The summed E-state index contributed by atoms with van der Waals surface area (Å²) in [5, 5.41) is 4.91. The molecule has 192 valence electrons. The monoisotopic (exact) mass is 498 g/mol. The number of benzene rings is 1. The van der Waals surface area contributed by atoms with E-state index in [0.29, 0.717) is 0 Å². The van der Waals surface area contributed by atoms with E-state index in [1.807, 2.05) is 18.2 Å². The summed E-state index contributed by atoms with van der Waals surface area (Å²) in [7, 11) is 0. The zero-order chi connectivity index (χ0) is 25.0. The van der Waals surface area contributed by atoms with E-state index in [2.05, 4.69) is 68.8 Å². The molecule has 6 heteroatoms. The molecule has 33 heavy (non-hydrogen) atoms. The van der Waals surface area contributed by atoms with Crippen molar-refractivity contribution in [2.75, 3.05) is 13.1 Å². The van der Waals surface area contributed by atoms with Gasteiger partial charge in [-0.2, -0.15) is 0 Å². The highest BCUT2D eigenvalue weighted by atomic mass is 32.1. The molecular formula is C27H50N2O2S2. The van der Waals surface area contributed by atoms with Gasteiger partial charge in [0, 0.05) is 13.1 Å². The van der Waals surface area contributed by atoms with Gasteiger partial charge in [-0.3, -0.25) is 9.59 Å². The number of rotatable bonds is 16. The van der Waals surface area contributed by atoms with Crippen molar-refractivity contribution in [3.8, 4) is 0 Å². The molecule has 1 aromatic rings. The Bertz CT molecular complexity index is 512. The molecule has 0 heterocycles. The highest BCUT2D eigenvalue weighted by molar-refractivity contribution is 7.96. The molecule has 0 aromatic heterocycles. The van der Waals surface area contributed by atoms with Crippen molar-refractivity contribution in [2.24, 2.45) is 0 Å². The Hall–Kier alpha value is -1.14. The van der Waals surface area contributed by atoms with Crippen LogP contribution in [0.5, 0.6) is 0 Å². The summed E-state index contributed by atoms with van der Waals surface area (Å²) in [5.41, 5.74) is 1.32. The van der Waals surface area contributed by atoms with E-state index in [1.165, 1.54) is 82.6 Å². The zero-order valence-electron chi connectivity index (χ0n) is 21.4. The van der Waals surface area contributed by atoms with E-state index in [9.17, 15) is 9.59 Å². The molecule has 2 amide bonds. The molecule has 1 aromatic carbocycles. The van der Waals surface area contributed by atoms with Gasteiger partial charge < -0.3 is 10.6 Å². The van der Waals surface area contributed by atoms with Crippen LogP contribution in [0.1, 0.15) is 109 Å². The van der Waals surface area contributed by atoms with Gasteiger partial charge in [0.15, 0.2) is 0 Å². The molecule has 2 N–H and O–H groups in total. The van der Waals surface area contributed by atoms with Crippen molar-refractivity contribution >= 4 is 35.7 Å². The quantitative estimate of drug-likeness (QED) is 0.136. The van der Waals surface area contributed by atoms with Crippen LogP contribution in [0.2, 0.25) is 0 Å². The maximum Gasteiger partial charge on any atom is 0.275 e. The predicted molar refractivity (Wildman–Crippen MR) is 152 cm³/mol. The fourth-order valence-corrected chi connectivity index (χ4v) is 3.31. The van der Waals surface area contributed by atoms with Gasteiger partial charge in [0.05, 0.1) is 0 Å². The van der Waals surface area contributed by atoms with Crippen molar-refractivity contribution in [3.63, 3.8) is 0 Å². The number of carbonyl (C=O) groups is 2. The van der Waals surface area contributed by atoms with Gasteiger partial charge in [-0.05, 0) is 19.8 Å². The first-order valence-electron chi connectivity index (χ1n) is 12.9. The first kappa shape index (κ1) is 34.0. The molecule has 0 aliphatic carbocycles. The van der Waals surface area contributed by atoms with Gasteiger partial charge in [0.2, 0.25) is 0 Å². The second-order valence-electron chi connectivity index (χ2n) is 8.36. The van der Waals surface area contributed by atoms with E-state index in [4.69, 9.17) is 0 Å². The van der Waals surface area contributed by atoms with E-state index in [0.717, 1.165) is 25.9 Å². The van der Waals surface area contributed by atoms with Crippen molar-refractivity contribution in [1.82, 2.24) is 10.6 Å². The Balaban J connectivity index is 0. The average Bonchev–Trinajstić information content (AvgIpc) is 2.78. The molecule has 0 unspecified atom stereocenters. The SMILES string of the molecule is CCCCCCCCCNC(=O)S.CCCCCCCCCNC(=O)S.Cc1ccccc1. The molecular weight excluding hydrogens is 448 g/mol. The Morgan fingerprint density at radius 3 is 1.21 bits per heavy atom. The van der Waals surface area contributed by atoms with Gasteiger partial charge in [0.1, 0.15) is 0 Å². The lowest BCUT2D eigenvalue weighted by Gasteiger charge is -2.01. The van der Waals surface area contributed by atoms with Gasteiger partial charge in [0.25, 0.3) is 10.5 Å². The maximum atomic E-state index is 10.4. The van der Waals surface area contributed by atoms with Crippen LogP contribution in [0.4, 0.5) is 9.59 Å². The van der Waals surface area contributed by atoms with E-state index in [1.54, 1.807) is 0 Å². The van der Waals surface area contributed by atoms with Crippen LogP contribution in [-0.2, 0) is 0 Å². The van der Waals surface area contributed by atoms with E-state index >= 15 is 0 Å². The van der Waals surface area contributed by atoms with Crippen molar-refractivity contribution in [2.45, 2.75) is 111 Å². The fraction of sp³-hybridized carbons (Fsp3) is 0.704. The van der Waals surface area contributed by atoms with Crippen LogP contribution in [0.3, 0.4) is 0 Å². The zero-order valence-corrected chi connectivity index (χ0v) is 23.2. The normalized spacial score (nSPS) is 9.73. The molecule has 0 aliphatic rings. The van der Waals surface area contributed by atoms with Crippen molar-refractivity contribution < 1.29 is 9.59 Å². The van der Waals surface area contributed by atoms with E-state index < -0.39 is 0 Å². The minimum Gasteiger partial charge on any atom is -0.347 e. The lowest BCUT2D eigenvalue weighted by molar-refractivity contribution is 0.260. The summed E-state index contributed by atoms with van der Waals surface area (Å²) in [6.45, 7) is 8.08. The number of amides is 2. The number of hydrogen-bond acceptors (Lipinski definition) is 2. The van der Waals surface area contributed by atoms with Crippen LogP contribution >= 0.6 is 25.3 Å². The second kappa shape index (κ2) is 28.9. The largest absolute Gasteiger partial charge is 0.347 e. The molecule has 1 rings (SSSR count). The van der Waals surface area contributed by atoms with Crippen LogP contribution in [0.15, 0.2) is 30.3 Å². The van der Waals surface area contributed by atoms with Gasteiger partial charge >= 0.3 is 0 Å². The Labute approximate surface area is 215 Å². The third kappa shape index (κ3) is 35.6. The lowest BCUT2D eigenvalue weighted by Crippen LogP contribution is -2.17. The number of aryl methyl sites for hydroxylation is 1. The smallest absolute Gasteiger partial charge is 0.275 e. The number of nitrogens with one attached hydrogen (secondary N) is 2. The summed E-state index contributed by atoms with van der Waals surface area (Å²) in [6, 6.07) is 10.3. The van der Waals surface area contributed by atoms with Crippen molar-refractivity contribution in [1.29, 1.82) is 0 Å². The van der Waals surface area contributed by atoms with Crippen LogP contribution in [0.25, 0.3) is 0 Å². The molecule has 0 radical (unpaired) electrons. The predicted octanol–water partition coefficient (Wildman–Crippen LogP) is 8.75. The summed E-state index contributed by atoms with van der Waals surface area (Å²) >= 11 is 7.24. The van der Waals surface area contributed by atoms with Crippen LogP contribution in [0, 0.1) is 6.92 Å². The van der Waals surface area contributed by atoms with Crippen LogP contribution < -0.4 is 10.6 Å². The first-order valence-corrected chi connectivity index (χ1v) is 13.8. The molecule has 0 fully saturated rings. The molecule has 4 nitrogen and oxygen atoms in total. The van der Waals surface area contributed by atoms with Gasteiger partial charge in [-0.15, -0.1) is 0 Å². The Kier molecular flexibility index (Phi) is 29.8. The summed E-state index contributed by atoms with van der Waals surface area (Å²) in [5.74, 6) is 0. The molecule has 0 saturated heterocycles. The number of unbranched alkanes of at least 4 members (excludes halogenated alkanes) is 12. The maximum absolute atomic E-state index is 10.4. The van der Waals surface area contributed by atoms with E-state index in [-0.39, 0.29) is 10.5 Å². The highest BCUT2D eigenvalue weighted by Crippen LogP contribution is 2.07. The number of carbonyl (C=O) groups excluding carboxylic acids is 2. The third-order valence-corrected chi connectivity index (χ3v) is 5.37. The fourth-order valence-electron chi connectivity index (χ4n) is 3.09. The molecule has 0 atom stereocenters. The highest BCUT2D eigenvalue weighted by Gasteiger charge is 1.93. The number of thiol groups is 2. The minimum absolute atomic E-state index is 0.217. The summed E-state index contributed by atoms with van der Waals surface area (Å²) < 4.78 is 0. The standard InChI is InChI=1S/2C10H21NOS.C7H8/c2*1-2-3-4-5-6-7-8-9-11-10(12)13;1-7-5-3-2-4-6-7/h2*2-9H2,1H3,(H2,11,12,13);2-6H,1H3. The Morgan fingerprint density at radius 2 is 0.939 bits per heavy atom. The Morgan fingerprint density at radius 1 is 0.606 bits per heavy atom. The second-order valence-corrected chi connectivity index (χ2v) is 9.17. The lowest BCUT2D eigenvalue weighted by atomic mass is 10.1.